The molecule has 0 atom stereocenters. The third-order valence-corrected chi connectivity index (χ3v) is 6.91. The number of halogens is 11. The Bertz CT molecular complexity index is 2030. The molecule has 0 aliphatic heterocycles. The second kappa shape index (κ2) is 13.4. The lowest BCUT2D eigenvalue weighted by Gasteiger charge is -2.17. The van der Waals surface area contributed by atoms with Crippen LogP contribution in [0.3, 0.4) is 0 Å². The maximum Gasteiger partial charge on any atom is 0.338 e. The van der Waals surface area contributed by atoms with Gasteiger partial charge in [0.1, 0.15) is 12.4 Å². The van der Waals surface area contributed by atoms with Gasteiger partial charge >= 0.3 is 5.97 Å². The molecule has 49 heavy (non-hydrogen) atoms. The normalized spacial score (nSPS) is 11.1. The van der Waals surface area contributed by atoms with Crippen LogP contribution in [0.15, 0.2) is 54.6 Å². The lowest BCUT2D eigenvalue weighted by molar-refractivity contribution is 0.0472. The van der Waals surface area contributed by atoms with Gasteiger partial charge in [0.05, 0.1) is 16.7 Å². The summed E-state index contributed by atoms with van der Waals surface area (Å²) in [6.45, 7) is 0.592. The van der Waals surface area contributed by atoms with Crippen molar-refractivity contribution in [3.05, 3.63) is 135 Å². The van der Waals surface area contributed by atoms with E-state index in [1.165, 1.54) is 0 Å². The molecule has 5 aromatic rings. The first-order valence-electron chi connectivity index (χ1n) is 13.4. The molecular formula is C33H15F11O5. The third kappa shape index (κ3) is 6.16. The molecule has 0 saturated carbocycles. The van der Waals surface area contributed by atoms with Crippen LogP contribution >= 0.6 is 0 Å². The molecule has 0 spiro atoms. The van der Waals surface area contributed by atoms with Gasteiger partial charge in [-0.1, -0.05) is 30.3 Å². The zero-order valence-corrected chi connectivity index (χ0v) is 24.1. The summed E-state index contributed by atoms with van der Waals surface area (Å²) < 4.78 is 177. The van der Waals surface area contributed by atoms with Crippen molar-refractivity contribution in [3.8, 4) is 39.9 Å². The van der Waals surface area contributed by atoms with Gasteiger partial charge in [0.2, 0.25) is 52.2 Å². The molecule has 5 aromatic carbocycles. The molecule has 0 aromatic heterocycles. The molecule has 16 heteroatoms. The summed E-state index contributed by atoms with van der Waals surface area (Å²) in [5, 5.41) is 9.55. The first-order valence-corrected chi connectivity index (χ1v) is 13.4. The fourth-order valence-corrected chi connectivity index (χ4v) is 4.35. The molecule has 0 aliphatic carbocycles. The standard InChI is InChI=1S/C33H15F11O5/c1-12-18(34)23(39)32(28(44)29(12)45)49-31-26(42)21(37)17(22(38)27(31)43)16-19(35)24(40)30(25(41)20(16)36)48-15-9-7-14(8-10-15)33(46)47-11-13-5-3-2-4-6-13/h2-10,45H,11H2,1H3. The fourth-order valence-electron chi connectivity index (χ4n) is 4.35. The molecular weight excluding hydrogens is 685 g/mol. The van der Waals surface area contributed by atoms with E-state index in [2.05, 4.69) is 4.74 Å². The number of hydrogen-bond donors (Lipinski definition) is 1. The van der Waals surface area contributed by atoms with Crippen molar-refractivity contribution in [3.63, 3.8) is 0 Å². The minimum atomic E-state index is -2.77. The highest BCUT2D eigenvalue weighted by Crippen LogP contribution is 2.45. The fraction of sp³-hybridized carbons (Fsp3) is 0.0606. The van der Waals surface area contributed by atoms with E-state index in [0.29, 0.717) is 12.5 Å². The average Bonchev–Trinajstić information content (AvgIpc) is 3.10. The lowest BCUT2D eigenvalue weighted by Crippen LogP contribution is -2.10. The van der Waals surface area contributed by atoms with Gasteiger partial charge < -0.3 is 19.3 Å². The van der Waals surface area contributed by atoms with Crippen LogP contribution < -0.4 is 9.47 Å². The van der Waals surface area contributed by atoms with Crippen molar-refractivity contribution in [2.75, 3.05) is 0 Å². The number of phenols is 1. The van der Waals surface area contributed by atoms with Gasteiger partial charge in [-0.2, -0.15) is 26.3 Å². The van der Waals surface area contributed by atoms with Crippen LogP contribution in [0, 0.1) is 70.9 Å². The zero-order chi connectivity index (χ0) is 35.9. The van der Waals surface area contributed by atoms with Crippen molar-refractivity contribution < 1.29 is 72.4 Å². The van der Waals surface area contributed by atoms with Gasteiger partial charge in [-0.3, -0.25) is 0 Å². The molecule has 254 valence electrons. The minimum absolute atomic E-state index is 0.0749. The van der Waals surface area contributed by atoms with Gasteiger partial charge in [0.25, 0.3) is 0 Å². The maximum absolute atomic E-state index is 15.1. The summed E-state index contributed by atoms with van der Waals surface area (Å²) in [6, 6.07) is 12.5. The van der Waals surface area contributed by atoms with E-state index in [4.69, 9.17) is 9.47 Å². The van der Waals surface area contributed by atoms with Gasteiger partial charge in [-0.05, 0) is 36.8 Å². The Morgan fingerprint density at radius 3 is 1.47 bits per heavy atom. The predicted octanol–water partition coefficient (Wildman–Crippen LogP) is 9.84. The molecule has 0 amide bonds. The molecule has 0 heterocycles. The number of esters is 1. The number of carbonyl (C=O) groups is 1. The Hall–Kier alpha value is -5.80. The minimum Gasteiger partial charge on any atom is -0.504 e. The SMILES string of the molecule is Cc1c(O)c(F)c(Oc2c(F)c(F)c(-c3c(F)c(F)c(Oc4ccc(C(=O)OCc5ccccc5)cc4)c(F)c3F)c(F)c2F)c(F)c1F. The topological polar surface area (TPSA) is 65.0 Å². The molecule has 0 fully saturated rings. The Labute approximate surface area is 267 Å². The Morgan fingerprint density at radius 1 is 0.551 bits per heavy atom. The summed E-state index contributed by atoms with van der Waals surface area (Å²) in [5.74, 6) is -36.7. The lowest BCUT2D eigenvalue weighted by atomic mass is 10.0. The molecule has 1 N–H and O–H groups in total. The van der Waals surface area contributed by atoms with Crippen molar-refractivity contribution in [1.82, 2.24) is 0 Å². The Balaban J connectivity index is 1.47. The van der Waals surface area contributed by atoms with E-state index in [1.54, 1.807) is 30.3 Å². The monoisotopic (exact) mass is 700 g/mol. The molecule has 5 rings (SSSR count). The number of carbonyl (C=O) groups excluding carboxylic acids is 1. The highest BCUT2D eigenvalue weighted by Gasteiger charge is 2.37. The second-order valence-electron chi connectivity index (χ2n) is 9.96. The van der Waals surface area contributed by atoms with Crippen LogP contribution in [0.25, 0.3) is 11.1 Å². The van der Waals surface area contributed by atoms with Gasteiger partial charge in [-0.25, -0.2) is 26.7 Å². The van der Waals surface area contributed by atoms with Crippen molar-refractivity contribution >= 4 is 5.97 Å². The summed E-state index contributed by atoms with van der Waals surface area (Å²) in [4.78, 5) is 12.3. The Kier molecular flexibility index (Phi) is 9.42. The predicted molar refractivity (Wildman–Crippen MR) is 146 cm³/mol. The smallest absolute Gasteiger partial charge is 0.338 e. The molecule has 0 saturated heterocycles. The van der Waals surface area contributed by atoms with E-state index in [0.717, 1.165) is 24.3 Å². The zero-order valence-electron chi connectivity index (χ0n) is 24.1. The summed E-state index contributed by atoms with van der Waals surface area (Å²) in [5.41, 5.74) is -5.10. The van der Waals surface area contributed by atoms with E-state index in [1.807, 2.05) is 0 Å². The first-order chi connectivity index (χ1) is 23.1. The average molecular weight is 700 g/mol. The number of hydrogen-bond acceptors (Lipinski definition) is 5. The molecule has 0 aliphatic rings. The van der Waals surface area contributed by atoms with E-state index in [9.17, 15) is 40.6 Å². The number of aromatic hydroxyl groups is 1. The summed E-state index contributed by atoms with van der Waals surface area (Å²) in [6.07, 6.45) is 0. The van der Waals surface area contributed by atoms with Gasteiger partial charge in [0.15, 0.2) is 34.8 Å². The van der Waals surface area contributed by atoms with E-state index >= 15 is 17.6 Å². The molecule has 0 unspecified atom stereocenters. The largest absolute Gasteiger partial charge is 0.504 e. The third-order valence-electron chi connectivity index (χ3n) is 6.91. The van der Waals surface area contributed by atoms with Gasteiger partial charge in [0, 0.05) is 5.56 Å². The number of ether oxygens (including phenoxy) is 3. The number of benzene rings is 5. The first kappa shape index (κ1) is 34.5. The highest BCUT2D eigenvalue weighted by atomic mass is 19.2. The van der Waals surface area contributed by atoms with Crippen LogP contribution in [-0.2, 0) is 11.3 Å². The van der Waals surface area contributed by atoms with E-state index in [-0.39, 0.29) is 12.2 Å². The Morgan fingerprint density at radius 2 is 0.980 bits per heavy atom. The van der Waals surface area contributed by atoms with Gasteiger partial charge in [-0.15, -0.1) is 0 Å². The number of phenolic OH excluding ortho intramolecular Hbond substituents is 1. The molecule has 0 bridgehead atoms. The van der Waals surface area contributed by atoms with Crippen LogP contribution in [0.2, 0.25) is 0 Å². The van der Waals surface area contributed by atoms with Crippen molar-refractivity contribution in [2.45, 2.75) is 13.5 Å². The quantitative estimate of drug-likeness (QED) is 0.0993. The number of rotatable bonds is 8. The summed E-state index contributed by atoms with van der Waals surface area (Å²) >= 11 is 0. The van der Waals surface area contributed by atoms with Crippen LogP contribution in [0.1, 0.15) is 21.5 Å². The van der Waals surface area contributed by atoms with Crippen LogP contribution in [0.5, 0.6) is 28.7 Å². The molecule has 0 radical (unpaired) electrons. The van der Waals surface area contributed by atoms with E-state index < -0.39 is 115 Å². The maximum atomic E-state index is 15.1. The van der Waals surface area contributed by atoms with Crippen molar-refractivity contribution in [1.29, 1.82) is 0 Å². The highest BCUT2D eigenvalue weighted by molar-refractivity contribution is 5.89. The molecule has 5 nitrogen and oxygen atoms in total. The van der Waals surface area contributed by atoms with Crippen LogP contribution in [0.4, 0.5) is 48.3 Å². The van der Waals surface area contributed by atoms with Crippen LogP contribution in [-0.4, -0.2) is 11.1 Å². The van der Waals surface area contributed by atoms with Crippen molar-refractivity contribution in [2.24, 2.45) is 0 Å². The second-order valence-corrected chi connectivity index (χ2v) is 9.96. The summed E-state index contributed by atoms with van der Waals surface area (Å²) in [7, 11) is 0.